The van der Waals surface area contributed by atoms with Crippen molar-refractivity contribution in [3.05, 3.63) is 89.5 Å². The summed E-state index contributed by atoms with van der Waals surface area (Å²) in [5.74, 6) is 0.126. The van der Waals surface area contributed by atoms with Crippen LogP contribution in [-0.4, -0.2) is 20.2 Å². The van der Waals surface area contributed by atoms with Crippen molar-refractivity contribution < 1.29 is 13.2 Å². The van der Waals surface area contributed by atoms with Crippen molar-refractivity contribution in [2.24, 2.45) is 0 Å². The van der Waals surface area contributed by atoms with Crippen molar-refractivity contribution in [3.8, 4) is 28.6 Å². The lowest BCUT2D eigenvalue weighted by molar-refractivity contribution is -0.137. The first kappa shape index (κ1) is 19.3. The van der Waals surface area contributed by atoms with E-state index in [9.17, 15) is 18.4 Å². The molecule has 0 fully saturated rings. The topological polar surface area (TPSA) is 67.4 Å². The van der Waals surface area contributed by atoms with Crippen molar-refractivity contribution in [2.45, 2.75) is 12.7 Å². The lowest BCUT2D eigenvalue weighted by Gasteiger charge is -2.06. The second-order valence-corrected chi connectivity index (χ2v) is 6.58. The summed E-state index contributed by atoms with van der Waals surface area (Å²) in [7, 11) is 0. The molecule has 4 aromatic rings. The molecule has 0 spiro atoms. The van der Waals surface area contributed by atoms with Crippen molar-refractivity contribution in [2.75, 3.05) is 0 Å². The Kier molecular flexibility index (Phi) is 5.02. The Morgan fingerprint density at radius 2 is 1.67 bits per heavy atom. The summed E-state index contributed by atoms with van der Waals surface area (Å²) in [4.78, 5) is 1.33. The van der Waals surface area contributed by atoms with E-state index >= 15 is 0 Å². The van der Waals surface area contributed by atoms with Gasteiger partial charge in [0, 0.05) is 5.56 Å². The zero-order valence-corrected chi connectivity index (χ0v) is 15.5. The van der Waals surface area contributed by atoms with E-state index in [1.807, 2.05) is 42.5 Å². The number of hydrogen-bond acceptors (Lipinski definition) is 4. The van der Waals surface area contributed by atoms with Crippen LogP contribution >= 0.6 is 0 Å². The predicted molar refractivity (Wildman–Crippen MR) is 104 cm³/mol. The minimum Gasteiger partial charge on any atom is -0.192 e. The number of rotatable bonds is 4. The SMILES string of the molecule is N#Cc1ccccc1-c1ccc(Cn2nnc(-c3cccc(C(F)(F)F)c3)n2)cc1. The average Bonchev–Trinajstić information content (AvgIpc) is 3.22. The number of alkyl halides is 3. The van der Waals surface area contributed by atoms with Gasteiger partial charge < -0.3 is 0 Å². The van der Waals surface area contributed by atoms with E-state index in [-0.39, 0.29) is 11.4 Å². The summed E-state index contributed by atoms with van der Waals surface area (Å²) >= 11 is 0. The third-order valence-corrected chi connectivity index (χ3v) is 4.54. The number of aromatic nitrogens is 4. The molecule has 0 aliphatic carbocycles. The number of halogens is 3. The summed E-state index contributed by atoms with van der Waals surface area (Å²) in [6.45, 7) is 0.312. The van der Waals surface area contributed by atoms with Gasteiger partial charge in [-0.1, -0.05) is 54.6 Å². The largest absolute Gasteiger partial charge is 0.416 e. The van der Waals surface area contributed by atoms with E-state index in [2.05, 4.69) is 21.5 Å². The first-order valence-corrected chi connectivity index (χ1v) is 8.98. The maximum absolute atomic E-state index is 12.9. The summed E-state index contributed by atoms with van der Waals surface area (Å²) in [5, 5.41) is 21.2. The second kappa shape index (κ2) is 7.79. The predicted octanol–water partition coefficient (Wildman–Crippen LogP) is 4.95. The van der Waals surface area contributed by atoms with Gasteiger partial charge in [0.15, 0.2) is 0 Å². The fourth-order valence-corrected chi connectivity index (χ4v) is 3.05. The van der Waals surface area contributed by atoms with Crippen LogP contribution in [0.25, 0.3) is 22.5 Å². The van der Waals surface area contributed by atoms with Crippen LogP contribution in [0.5, 0.6) is 0 Å². The molecule has 4 rings (SSSR count). The van der Waals surface area contributed by atoms with Crippen molar-refractivity contribution in [1.29, 1.82) is 5.26 Å². The Bertz CT molecular complexity index is 1220. The van der Waals surface area contributed by atoms with Crippen molar-refractivity contribution >= 4 is 0 Å². The smallest absolute Gasteiger partial charge is 0.192 e. The molecule has 30 heavy (non-hydrogen) atoms. The van der Waals surface area contributed by atoms with Crippen LogP contribution < -0.4 is 0 Å². The van der Waals surface area contributed by atoms with Gasteiger partial charge in [0.25, 0.3) is 0 Å². The molecule has 8 heteroatoms. The zero-order valence-electron chi connectivity index (χ0n) is 15.5. The average molecular weight is 405 g/mol. The van der Waals surface area contributed by atoms with Crippen LogP contribution in [0.3, 0.4) is 0 Å². The highest BCUT2D eigenvalue weighted by Gasteiger charge is 2.30. The van der Waals surface area contributed by atoms with E-state index in [0.29, 0.717) is 12.1 Å². The van der Waals surface area contributed by atoms with E-state index in [4.69, 9.17) is 0 Å². The van der Waals surface area contributed by atoms with Crippen molar-refractivity contribution in [3.63, 3.8) is 0 Å². The van der Waals surface area contributed by atoms with Gasteiger partial charge in [-0.05, 0) is 40.1 Å². The van der Waals surface area contributed by atoms with Crippen LogP contribution in [-0.2, 0) is 12.7 Å². The van der Waals surface area contributed by atoms with Crippen LogP contribution in [0.1, 0.15) is 16.7 Å². The fraction of sp³-hybridized carbons (Fsp3) is 0.0909. The van der Waals surface area contributed by atoms with E-state index in [1.165, 1.54) is 16.9 Å². The molecule has 1 aromatic heterocycles. The molecule has 0 amide bonds. The first-order chi connectivity index (χ1) is 14.4. The molecule has 148 valence electrons. The highest BCUT2D eigenvalue weighted by molar-refractivity contribution is 5.70. The highest BCUT2D eigenvalue weighted by Crippen LogP contribution is 2.31. The van der Waals surface area contributed by atoms with Gasteiger partial charge in [0.2, 0.25) is 5.82 Å². The standard InChI is InChI=1S/C22H14F3N5/c23-22(24,25)19-6-3-5-17(12-19)21-27-29-30(28-21)14-15-8-10-16(11-9-15)20-7-2-1-4-18(20)13-26/h1-12H,14H2. The Labute approximate surface area is 170 Å². The fourth-order valence-electron chi connectivity index (χ4n) is 3.05. The molecule has 0 bridgehead atoms. The monoisotopic (exact) mass is 405 g/mol. The maximum atomic E-state index is 12.9. The van der Waals surface area contributed by atoms with Gasteiger partial charge in [0.05, 0.1) is 23.7 Å². The molecule has 3 aromatic carbocycles. The van der Waals surface area contributed by atoms with Crippen LogP contribution in [0.2, 0.25) is 0 Å². The summed E-state index contributed by atoms with van der Waals surface area (Å²) in [6, 6.07) is 21.9. The third-order valence-electron chi connectivity index (χ3n) is 4.54. The zero-order chi connectivity index (χ0) is 21.1. The molecule has 0 radical (unpaired) electrons. The minimum absolute atomic E-state index is 0.126. The van der Waals surface area contributed by atoms with Gasteiger partial charge in [-0.2, -0.15) is 23.2 Å². The molecule has 0 aliphatic rings. The summed E-state index contributed by atoms with van der Waals surface area (Å²) in [6.07, 6.45) is -4.43. The number of nitrogens with zero attached hydrogens (tertiary/aromatic N) is 5. The molecular weight excluding hydrogens is 391 g/mol. The molecule has 5 nitrogen and oxygen atoms in total. The second-order valence-electron chi connectivity index (χ2n) is 6.58. The molecule has 0 N–H and O–H groups in total. The van der Waals surface area contributed by atoms with Crippen LogP contribution in [0, 0.1) is 11.3 Å². The Morgan fingerprint density at radius 1 is 0.900 bits per heavy atom. The lowest BCUT2D eigenvalue weighted by atomic mass is 9.99. The van der Waals surface area contributed by atoms with Gasteiger partial charge in [0.1, 0.15) is 0 Å². The molecule has 0 aliphatic heterocycles. The Morgan fingerprint density at radius 3 is 2.40 bits per heavy atom. The number of benzene rings is 3. The van der Waals surface area contributed by atoms with Gasteiger partial charge in [-0.25, -0.2) is 0 Å². The highest BCUT2D eigenvalue weighted by atomic mass is 19.4. The summed E-state index contributed by atoms with van der Waals surface area (Å²) in [5.41, 5.74) is 2.73. The summed E-state index contributed by atoms with van der Waals surface area (Å²) < 4.78 is 38.7. The van der Waals surface area contributed by atoms with Gasteiger partial charge in [-0.15, -0.1) is 10.2 Å². The lowest BCUT2D eigenvalue weighted by Crippen LogP contribution is -2.05. The third kappa shape index (κ3) is 4.05. The Hall–Kier alpha value is -3.99. The van der Waals surface area contributed by atoms with Crippen molar-refractivity contribution in [1.82, 2.24) is 20.2 Å². The van der Waals surface area contributed by atoms with Crippen LogP contribution in [0.4, 0.5) is 13.2 Å². The quantitative estimate of drug-likeness (QED) is 0.482. The molecule has 0 unspecified atom stereocenters. The number of tetrazole rings is 1. The minimum atomic E-state index is -4.43. The molecular formula is C22H14F3N5. The van der Waals surface area contributed by atoms with Crippen LogP contribution in [0.15, 0.2) is 72.8 Å². The van der Waals surface area contributed by atoms with E-state index < -0.39 is 11.7 Å². The van der Waals surface area contributed by atoms with Gasteiger partial charge >= 0.3 is 6.18 Å². The molecule has 0 saturated carbocycles. The molecule has 0 atom stereocenters. The Balaban J connectivity index is 1.53. The first-order valence-electron chi connectivity index (χ1n) is 8.98. The normalized spacial score (nSPS) is 11.3. The molecule has 0 saturated heterocycles. The van der Waals surface area contributed by atoms with E-state index in [1.54, 1.807) is 6.07 Å². The molecule has 1 heterocycles. The van der Waals surface area contributed by atoms with E-state index in [0.717, 1.165) is 28.8 Å². The number of hydrogen-bond donors (Lipinski definition) is 0. The van der Waals surface area contributed by atoms with Gasteiger partial charge in [-0.3, -0.25) is 0 Å². The maximum Gasteiger partial charge on any atom is 0.416 e. The number of nitriles is 1.